The second kappa shape index (κ2) is 11.4. The summed E-state index contributed by atoms with van der Waals surface area (Å²) in [5, 5.41) is 4.98. The number of benzene rings is 1. The zero-order valence-electron chi connectivity index (χ0n) is 19.2. The van der Waals surface area contributed by atoms with Gasteiger partial charge in [-0.3, -0.25) is 14.4 Å². The summed E-state index contributed by atoms with van der Waals surface area (Å²) >= 11 is 0. The predicted octanol–water partition coefficient (Wildman–Crippen LogP) is 0.673. The van der Waals surface area contributed by atoms with Gasteiger partial charge in [0.25, 0.3) is 0 Å². The molecule has 1 heterocycles. The van der Waals surface area contributed by atoms with Gasteiger partial charge in [0.1, 0.15) is 24.0 Å². The van der Waals surface area contributed by atoms with Crippen molar-refractivity contribution in [1.82, 2.24) is 15.5 Å². The quantitative estimate of drug-likeness (QED) is 0.462. The van der Waals surface area contributed by atoms with Crippen molar-refractivity contribution < 1.29 is 28.7 Å². The molecule has 0 saturated carbocycles. The number of ether oxygens (including phenoxy) is 1. The normalized spacial score (nSPS) is 17.5. The van der Waals surface area contributed by atoms with Crippen LogP contribution in [-0.2, 0) is 30.3 Å². The van der Waals surface area contributed by atoms with Crippen molar-refractivity contribution in [1.29, 1.82) is 0 Å². The zero-order valence-corrected chi connectivity index (χ0v) is 19.2. The van der Waals surface area contributed by atoms with Crippen LogP contribution in [0.15, 0.2) is 30.3 Å². The van der Waals surface area contributed by atoms with Crippen molar-refractivity contribution >= 4 is 30.1 Å². The molecule has 2 rings (SSSR count). The highest BCUT2D eigenvalue weighted by atomic mass is 16.6. The molecule has 180 valence electrons. The number of carbonyl (C=O) groups excluding carboxylic acids is 5. The molecule has 33 heavy (non-hydrogen) atoms. The largest absolute Gasteiger partial charge is 0.444 e. The molecule has 3 atom stereocenters. The Morgan fingerprint density at radius 1 is 1.15 bits per heavy atom. The number of hydrogen-bond donors (Lipinski definition) is 3. The van der Waals surface area contributed by atoms with Gasteiger partial charge in [-0.15, -0.1) is 0 Å². The Labute approximate surface area is 193 Å². The summed E-state index contributed by atoms with van der Waals surface area (Å²) in [6, 6.07) is 6.19. The van der Waals surface area contributed by atoms with Crippen LogP contribution in [0.5, 0.6) is 0 Å². The van der Waals surface area contributed by atoms with Gasteiger partial charge < -0.3 is 30.8 Å². The van der Waals surface area contributed by atoms with Gasteiger partial charge in [-0.2, -0.15) is 0 Å². The Hall–Kier alpha value is -3.43. The van der Waals surface area contributed by atoms with Gasteiger partial charge in [-0.25, -0.2) is 4.79 Å². The van der Waals surface area contributed by atoms with Gasteiger partial charge in [0.15, 0.2) is 0 Å². The van der Waals surface area contributed by atoms with Crippen LogP contribution in [0.2, 0.25) is 0 Å². The lowest BCUT2D eigenvalue weighted by atomic mass is 10.0. The van der Waals surface area contributed by atoms with Crippen LogP contribution >= 0.6 is 0 Å². The van der Waals surface area contributed by atoms with E-state index in [0.717, 1.165) is 11.8 Å². The van der Waals surface area contributed by atoms with E-state index in [2.05, 4.69) is 10.6 Å². The van der Waals surface area contributed by atoms with Crippen LogP contribution in [0.1, 0.15) is 45.6 Å². The fourth-order valence-electron chi connectivity index (χ4n) is 3.59. The molecule has 0 aromatic heterocycles. The fourth-order valence-corrected chi connectivity index (χ4v) is 3.59. The first-order chi connectivity index (χ1) is 15.5. The second-order valence-corrected chi connectivity index (χ2v) is 9.00. The molecule has 10 nitrogen and oxygen atoms in total. The topological polar surface area (TPSA) is 148 Å². The van der Waals surface area contributed by atoms with Crippen LogP contribution in [0.3, 0.4) is 0 Å². The maximum Gasteiger partial charge on any atom is 0.408 e. The summed E-state index contributed by atoms with van der Waals surface area (Å²) in [6.45, 7) is 5.38. The highest BCUT2D eigenvalue weighted by Crippen LogP contribution is 2.18. The van der Waals surface area contributed by atoms with Crippen molar-refractivity contribution in [3.05, 3.63) is 35.9 Å². The molecule has 1 aliphatic rings. The minimum absolute atomic E-state index is 0.170. The molecular weight excluding hydrogens is 428 g/mol. The molecule has 4 N–H and O–H groups in total. The summed E-state index contributed by atoms with van der Waals surface area (Å²) in [4.78, 5) is 62.8. The number of primary amides is 1. The van der Waals surface area contributed by atoms with E-state index in [1.807, 2.05) is 30.3 Å². The molecule has 4 amide bonds. The molecule has 1 aromatic carbocycles. The van der Waals surface area contributed by atoms with E-state index >= 15 is 0 Å². The van der Waals surface area contributed by atoms with Crippen LogP contribution in [0, 0.1) is 0 Å². The van der Waals surface area contributed by atoms with Gasteiger partial charge >= 0.3 is 6.09 Å². The molecule has 1 aromatic rings. The average molecular weight is 461 g/mol. The maximum atomic E-state index is 13.3. The summed E-state index contributed by atoms with van der Waals surface area (Å²) in [7, 11) is 0. The Kier molecular flexibility index (Phi) is 8.95. The molecule has 0 radical (unpaired) electrons. The number of likely N-dealkylation sites (tertiary alicyclic amines) is 1. The van der Waals surface area contributed by atoms with Crippen molar-refractivity contribution in [3.63, 3.8) is 0 Å². The van der Waals surface area contributed by atoms with E-state index in [9.17, 15) is 24.0 Å². The zero-order chi connectivity index (χ0) is 24.6. The monoisotopic (exact) mass is 460 g/mol. The molecule has 0 spiro atoms. The summed E-state index contributed by atoms with van der Waals surface area (Å²) in [6.07, 6.45) is 0.778. The van der Waals surface area contributed by atoms with E-state index in [1.54, 1.807) is 20.8 Å². The molecule has 1 aliphatic heterocycles. The average Bonchev–Trinajstić information content (AvgIpc) is 3.20. The highest BCUT2D eigenvalue weighted by Gasteiger charge is 2.35. The third-order valence-electron chi connectivity index (χ3n) is 5.05. The van der Waals surface area contributed by atoms with Gasteiger partial charge in [0.05, 0.1) is 12.5 Å². The van der Waals surface area contributed by atoms with Gasteiger partial charge in [-0.1, -0.05) is 30.3 Å². The lowest BCUT2D eigenvalue weighted by molar-refractivity contribution is -0.139. The first kappa shape index (κ1) is 25.8. The van der Waals surface area contributed by atoms with Crippen molar-refractivity contribution in [2.75, 3.05) is 6.54 Å². The van der Waals surface area contributed by atoms with E-state index < -0.39 is 54.0 Å². The Balaban J connectivity index is 2.22. The van der Waals surface area contributed by atoms with Crippen LogP contribution in [0.4, 0.5) is 4.79 Å². The number of nitrogens with zero attached hydrogens (tertiary/aromatic N) is 1. The van der Waals surface area contributed by atoms with E-state index in [1.165, 1.54) is 4.90 Å². The lowest BCUT2D eigenvalue weighted by Gasteiger charge is -2.28. The third-order valence-corrected chi connectivity index (χ3v) is 5.05. The van der Waals surface area contributed by atoms with Crippen molar-refractivity contribution in [2.45, 2.75) is 70.2 Å². The molecule has 10 heteroatoms. The number of nitrogens with one attached hydrogen (secondary N) is 2. The van der Waals surface area contributed by atoms with E-state index in [4.69, 9.17) is 10.5 Å². The summed E-state index contributed by atoms with van der Waals surface area (Å²) < 4.78 is 5.16. The van der Waals surface area contributed by atoms with Crippen molar-refractivity contribution in [3.8, 4) is 0 Å². The van der Waals surface area contributed by atoms with Gasteiger partial charge in [0, 0.05) is 13.0 Å². The number of rotatable bonds is 9. The van der Waals surface area contributed by atoms with Gasteiger partial charge in [0.2, 0.25) is 17.7 Å². The number of carbonyl (C=O) groups is 5. The standard InChI is InChI=1S/C23H32N4O6/c1-23(2,3)33-22(32)26-17(13-19(24)29)20(30)25-18(12-15-8-5-4-6-9-15)21(31)27-11-7-10-16(27)14-28/h4-6,8-9,14,16-18H,7,10-13H2,1-3H3,(H2,24,29)(H,25,30)(H,26,32). The Bertz CT molecular complexity index is 867. The van der Waals surface area contributed by atoms with Crippen LogP contribution < -0.4 is 16.4 Å². The minimum Gasteiger partial charge on any atom is -0.444 e. The lowest BCUT2D eigenvalue weighted by Crippen LogP contribution is -2.56. The number of amides is 4. The summed E-state index contributed by atoms with van der Waals surface area (Å²) in [5.74, 6) is -1.97. The van der Waals surface area contributed by atoms with Crippen LogP contribution in [0.25, 0.3) is 0 Å². The second-order valence-electron chi connectivity index (χ2n) is 9.00. The predicted molar refractivity (Wildman–Crippen MR) is 120 cm³/mol. The van der Waals surface area contributed by atoms with Gasteiger partial charge in [-0.05, 0) is 39.2 Å². The number of alkyl carbamates (subject to hydrolysis) is 1. The van der Waals surface area contributed by atoms with E-state index in [0.29, 0.717) is 19.4 Å². The van der Waals surface area contributed by atoms with E-state index in [-0.39, 0.29) is 6.42 Å². The Morgan fingerprint density at radius 3 is 2.39 bits per heavy atom. The SMILES string of the molecule is CC(C)(C)OC(=O)NC(CC(N)=O)C(=O)NC(Cc1ccccc1)C(=O)N1CCCC1C=O. The van der Waals surface area contributed by atoms with Crippen molar-refractivity contribution in [2.24, 2.45) is 5.73 Å². The first-order valence-corrected chi connectivity index (χ1v) is 10.9. The smallest absolute Gasteiger partial charge is 0.408 e. The molecule has 1 saturated heterocycles. The molecule has 0 aliphatic carbocycles. The maximum absolute atomic E-state index is 13.3. The third kappa shape index (κ3) is 8.21. The summed E-state index contributed by atoms with van der Waals surface area (Å²) in [5.41, 5.74) is 5.24. The fraction of sp³-hybridized carbons (Fsp3) is 0.522. The number of aldehydes is 1. The molecule has 1 fully saturated rings. The first-order valence-electron chi connectivity index (χ1n) is 10.9. The Morgan fingerprint density at radius 2 is 1.82 bits per heavy atom. The number of hydrogen-bond acceptors (Lipinski definition) is 6. The molecular formula is C23H32N4O6. The van der Waals surface area contributed by atoms with Crippen LogP contribution in [-0.4, -0.2) is 65.3 Å². The molecule has 0 bridgehead atoms. The highest BCUT2D eigenvalue weighted by molar-refractivity contribution is 5.94. The minimum atomic E-state index is -1.33. The molecule has 3 unspecified atom stereocenters. The number of nitrogens with two attached hydrogens (primary N) is 1.